The predicted octanol–water partition coefficient (Wildman–Crippen LogP) is -1.11. The van der Waals surface area contributed by atoms with Gasteiger partial charge in [-0.3, -0.25) is 9.69 Å². The van der Waals surface area contributed by atoms with Gasteiger partial charge >= 0.3 is 12.1 Å². The molecule has 0 aromatic rings. The number of nitrogens with one attached hydrogen (secondary N) is 4. The number of nitrogens with zero attached hydrogens (tertiary/aromatic N) is 1. The fourth-order valence-corrected chi connectivity index (χ4v) is 1.94. The summed E-state index contributed by atoms with van der Waals surface area (Å²) in [6, 6.07) is -0.649. The smallest absolute Gasteiger partial charge is 0.321 e. The molecule has 18 heavy (non-hydrogen) atoms. The number of rotatable bonds is 4. The molecule has 4 N–H and O–H groups in total. The van der Waals surface area contributed by atoms with Gasteiger partial charge in [0, 0.05) is 6.04 Å². The zero-order valence-electron chi connectivity index (χ0n) is 10.3. The van der Waals surface area contributed by atoms with Crippen LogP contribution in [0.4, 0.5) is 9.59 Å². The highest BCUT2D eigenvalue weighted by Gasteiger charge is 2.45. The van der Waals surface area contributed by atoms with Gasteiger partial charge < -0.3 is 21.3 Å². The molecule has 100 valence electrons. The third kappa shape index (κ3) is 2.31. The lowest BCUT2D eigenvalue weighted by Crippen LogP contribution is -2.49. The van der Waals surface area contributed by atoms with Crippen molar-refractivity contribution < 1.29 is 14.4 Å². The van der Waals surface area contributed by atoms with Crippen molar-refractivity contribution in [2.24, 2.45) is 0 Å². The second-order valence-electron chi connectivity index (χ2n) is 4.49. The molecule has 0 aromatic carbocycles. The van der Waals surface area contributed by atoms with Gasteiger partial charge in [-0.2, -0.15) is 0 Å². The first-order valence-electron chi connectivity index (χ1n) is 5.94. The highest BCUT2D eigenvalue weighted by atomic mass is 16.2. The summed E-state index contributed by atoms with van der Waals surface area (Å²) in [7, 11) is 0. The highest BCUT2D eigenvalue weighted by Crippen LogP contribution is 2.13. The SMILES string of the molecule is CC[C@@H](C)NC(=O)CN1C(=O)N[C@@H]2NC(=O)N[C@H]21. The van der Waals surface area contributed by atoms with Crippen LogP contribution in [-0.4, -0.2) is 47.8 Å². The molecule has 0 radical (unpaired) electrons. The van der Waals surface area contributed by atoms with Crippen LogP contribution in [0.2, 0.25) is 0 Å². The zero-order valence-corrected chi connectivity index (χ0v) is 10.3. The first-order valence-corrected chi connectivity index (χ1v) is 5.94. The van der Waals surface area contributed by atoms with Gasteiger partial charge in [0.15, 0.2) is 0 Å². The Morgan fingerprint density at radius 3 is 2.78 bits per heavy atom. The lowest BCUT2D eigenvalue weighted by atomic mass is 10.2. The van der Waals surface area contributed by atoms with E-state index in [0.717, 1.165) is 6.42 Å². The van der Waals surface area contributed by atoms with Gasteiger partial charge in [-0.05, 0) is 13.3 Å². The molecule has 2 heterocycles. The van der Waals surface area contributed by atoms with E-state index >= 15 is 0 Å². The van der Waals surface area contributed by atoms with Gasteiger partial charge in [-0.1, -0.05) is 6.92 Å². The third-order valence-corrected chi connectivity index (χ3v) is 3.09. The second-order valence-corrected chi connectivity index (χ2v) is 4.49. The quantitative estimate of drug-likeness (QED) is 0.512. The summed E-state index contributed by atoms with van der Waals surface area (Å²) in [5.41, 5.74) is 0. The van der Waals surface area contributed by atoms with Crippen LogP contribution in [0.25, 0.3) is 0 Å². The predicted molar refractivity (Wildman–Crippen MR) is 62.4 cm³/mol. The van der Waals surface area contributed by atoms with Gasteiger partial charge in [-0.15, -0.1) is 0 Å². The molecule has 0 saturated carbocycles. The Kier molecular flexibility index (Phi) is 3.26. The minimum atomic E-state index is -0.507. The van der Waals surface area contributed by atoms with Crippen molar-refractivity contribution in [2.45, 2.75) is 38.6 Å². The Bertz CT molecular complexity index is 386. The maximum absolute atomic E-state index is 11.7. The molecule has 0 aliphatic carbocycles. The fraction of sp³-hybridized carbons (Fsp3) is 0.700. The van der Waals surface area contributed by atoms with Crippen molar-refractivity contribution in [1.82, 2.24) is 26.2 Å². The van der Waals surface area contributed by atoms with E-state index in [1.54, 1.807) is 0 Å². The number of hydrogen-bond donors (Lipinski definition) is 4. The molecule has 0 unspecified atom stereocenters. The molecule has 2 aliphatic heterocycles. The first kappa shape index (κ1) is 12.5. The average Bonchev–Trinajstić information content (AvgIpc) is 2.77. The van der Waals surface area contributed by atoms with Gasteiger partial charge in [0.25, 0.3) is 0 Å². The van der Waals surface area contributed by atoms with Crippen molar-refractivity contribution in [3.8, 4) is 0 Å². The van der Waals surface area contributed by atoms with E-state index in [1.807, 2.05) is 13.8 Å². The summed E-state index contributed by atoms with van der Waals surface area (Å²) >= 11 is 0. The van der Waals surface area contributed by atoms with Gasteiger partial charge in [-0.25, -0.2) is 9.59 Å². The van der Waals surface area contributed by atoms with Crippen LogP contribution in [-0.2, 0) is 4.79 Å². The standard InChI is InChI=1S/C10H17N5O3/c1-3-5(2)11-6(16)4-15-8-7(13-10(15)18)12-9(17)14-8/h5,7-8H,3-4H2,1-2H3,(H,11,16)(H,13,18)(H2,12,14,17)/t5-,7+,8+/m1/s1. The molecule has 2 saturated heterocycles. The lowest BCUT2D eigenvalue weighted by Gasteiger charge is -2.21. The van der Waals surface area contributed by atoms with E-state index in [1.165, 1.54) is 4.90 Å². The number of urea groups is 2. The Morgan fingerprint density at radius 2 is 2.11 bits per heavy atom. The van der Waals surface area contributed by atoms with Crippen LogP contribution in [0.5, 0.6) is 0 Å². The summed E-state index contributed by atoms with van der Waals surface area (Å²) in [4.78, 5) is 35.8. The maximum atomic E-state index is 11.7. The number of carbonyl (C=O) groups excluding carboxylic acids is 3. The van der Waals surface area contributed by atoms with E-state index < -0.39 is 12.3 Å². The van der Waals surface area contributed by atoms with Gasteiger partial charge in [0.05, 0.1) is 0 Å². The van der Waals surface area contributed by atoms with Crippen LogP contribution in [0, 0.1) is 0 Å². The molecule has 2 rings (SSSR count). The van der Waals surface area contributed by atoms with Crippen LogP contribution < -0.4 is 21.3 Å². The van der Waals surface area contributed by atoms with E-state index in [2.05, 4.69) is 21.3 Å². The molecule has 0 spiro atoms. The van der Waals surface area contributed by atoms with E-state index in [4.69, 9.17) is 0 Å². The first-order chi connectivity index (χ1) is 8.51. The molecule has 0 aromatic heterocycles. The third-order valence-electron chi connectivity index (χ3n) is 3.09. The normalized spacial score (nSPS) is 27.1. The Labute approximate surface area is 104 Å². The van der Waals surface area contributed by atoms with Gasteiger partial charge in [0.2, 0.25) is 5.91 Å². The molecule has 8 nitrogen and oxygen atoms in total. The molecule has 3 atom stereocenters. The van der Waals surface area contributed by atoms with Crippen LogP contribution in [0.15, 0.2) is 0 Å². The molecule has 5 amide bonds. The topological polar surface area (TPSA) is 103 Å². The number of fused-ring (bicyclic) bond motifs is 1. The van der Waals surface area contributed by atoms with Crippen molar-refractivity contribution >= 4 is 18.0 Å². The molecule has 2 fully saturated rings. The zero-order chi connectivity index (χ0) is 13.3. The summed E-state index contributed by atoms with van der Waals surface area (Å²) in [5, 5.41) is 10.5. The van der Waals surface area contributed by atoms with E-state index in [-0.39, 0.29) is 30.6 Å². The van der Waals surface area contributed by atoms with Crippen LogP contribution >= 0.6 is 0 Å². The monoisotopic (exact) mass is 255 g/mol. The minimum absolute atomic E-state index is 0.0651. The molecular weight excluding hydrogens is 238 g/mol. The molecular formula is C10H17N5O3. The fourth-order valence-electron chi connectivity index (χ4n) is 1.94. The summed E-state index contributed by atoms with van der Waals surface area (Å²) in [5.74, 6) is -0.235. The highest BCUT2D eigenvalue weighted by molar-refractivity contribution is 5.88. The average molecular weight is 255 g/mol. The Balaban J connectivity index is 1.94. The number of carbonyl (C=O) groups is 3. The number of hydrogen-bond acceptors (Lipinski definition) is 3. The van der Waals surface area contributed by atoms with Crippen molar-refractivity contribution in [2.75, 3.05) is 6.54 Å². The summed E-state index contributed by atoms with van der Waals surface area (Å²) in [6.07, 6.45) is -0.156. The summed E-state index contributed by atoms with van der Waals surface area (Å²) in [6.45, 7) is 3.79. The second kappa shape index (κ2) is 4.71. The molecule has 2 aliphatic rings. The van der Waals surface area contributed by atoms with Crippen LogP contribution in [0.3, 0.4) is 0 Å². The summed E-state index contributed by atoms with van der Waals surface area (Å²) < 4.78 is 0. The van der Waals surface area contributed by atoms with Gasteiger partial charge in [0.1, 0.15) is 18.9 Å². The van der Waals surface area contributed by atoms with Crippen LogP contribution in [0.1, 0.15) is 20.3 Å². The molecule has 0 bridgehead atoms. The van der Waals surface area contributed by atoms with E-state index in [0.29, 0.717) is 0 Å². The maximum Gasteiger partial charge on any atom is 0.321 e. The van der Waals surface area contributed by atoms with Crippen molar-refractivity contribution in [3.05, 3.63) is 0 Å². The van der Waals surface area contributed by atoms with Crippen molar-refractivity contribution in [1.29, 1.82) is 0 Å². The van der Waals surface area contributed by atoms with E-state index in [9.17, 15) is 14.4 Å². The van der Waals surface area contributed by atoms with Crippen molar-refractivity contribution in [3.63, 3.8) is 0 Å². The minimum Gasteiger partial charge on any atom is -0.352 e. The Morgan fingerprint density at radius 1 is 1.39 bits per heavy atom. The molecule has 8 heteroatoms. The largest absolute Gasteiger partial charge is 0.352 e. The lowest BCUT2D eigenvalue weighted by molar-refractivity contribution is -0.122. The Hall–Kier alpha value is -1.99. The number of amides is 5.